The molecule has 2 aromatic heterocycles. The van der Waals surface area contributed by atoms with E-state index in [4.69, 9.17) is 11.0 Å². The number of nitriles is 1. The van der Waals surface area contributed by atoms with Crippen LogP contribution < -0.4 is 16.0 Å². The van der Waals surface area contributed by atoms with Gasteiger partial charge in [0.2, 0.25) is 0 Å². The highest BCUT2D eigenvalue weighted by molar-refractivity contribution is 6.03. The summed E-state index contributed by atoms with van der Waals surface area (Å²) >= 11 is 0. The van der Waals surface area contributed by atoms with Gasteiger partial charge in [0.05, 0.1) is 5.56 Å². The zero-order valence-electron chi connectivity index (χ0n) is 14.1. The third-order valence-corrected chi connectivity index (χ3v) is 4.19. The van der Waals surface area contributed by atoms with Gasteiger partial charge in [-0.15, -0.1) is 5.10 Å². The Morgan fingerprint density at radius 2 is 2.35 bits per heavy atom. The van der Waals surface area contributed by atoms with Crippen molar-refractivity contribution in [3.63, 3.8) is 0 Å². The number of rotatable bonds is 5. The molecule has 1 fully saturated rings. The second-order valence-corrected chi connectivity index (χ2v) is 5.79. The van der Waals surface area contributed by atoms with Crippen molar-refractivity contribution >= 4 is 36.3 Å². The number of nitrogens with one attached hydrogen (secondary N) is 1. The first-order valence-electron chi connectivity index (χ1n) is 7.96. The van der Waals surface area contributed by atoms with Crippen LogP contribution in [0.4, 0.5) is 17.5 Å². The second-order valence-electron chi connectivity index (χ2n) is 5.79. The van der Waals surface area contributed by atoms with E-state index in [9.17, 15) is 4.79 Å². The molecule has 1 unspecified atom stereocenters. The number of nitrogens with zero attached hydrogens (tertiary/aromatic N) is 6. The summed E-state index contributed by atoms with van der Waals surface area (Å²) in [6, 6.07) is 5.50. The Labute approximate surface area is 150 Å². The molecule has 0 aliphatic carbocycles. The first kappa shape index (κ1) is 17.2. The Morgan fingerprint density at radius 1 is 1.54 bits per heavy atom. The fourth-order valence-corrected chi connectivity index (χ4v) is 2.92. The molecule has 1 atom stereocenters. The molecule has 0 aromatic carbocycles. The standard InChI is InChI=1S/C17H18N8O/c1-3-25-16(20-2)14(15(19)23-25)17(26)22-12-6-7-24(10-12)13-5-4-11(8-18)9-21-13/h3-5,9,12H,1-2,6-7,10H2,(H2,19,23)(H,22,26). The monoisotopic (exact) mass is 350 g/mol. The first-order valence-corrected chi connectivity index (χ1v) is 7.96. The molecule has 2 aromatic rings. The molecule has 0 spiro atoms. The molecule has 1 aliphatic heterocycles. The van der Waals surface area contributed by atoms with Crippen LogP contribution in [0.1, 0.15) is 22.3 Å². The minimum atomic E-state index is -0.349. The number of amides is 1. The van der Waals surface area contributed by atoms with Crippen molar-refractivity contribution in [3.05, 3.63) is 36.0 Å². The van der Waals surface area contributed by atoms with Crippen LogP contribution in [0.2, 0.25) is 0 Å². The molecule has 1 saturated heterocycles. The van der Waals surface area contributed by atoms with Crippen LogP contribution in [0.15, 0.2) is 29.9 Å². The van der Waals surface area contributed by atoms with E-state index in [0.29, 0.717) is 12.1 Å². The first-order chi connectivity index (χ1) is 12.6. The lowest BCUT2D eigenvalue weighted by Gasteiger charge is -2.18. The average molecular weight is 350 g/mol. The molecule has 0 radical (unpaired) electrons. The molecule has 9 heteroatoms. The Hall–Kier alpha value is -3.67. The largest absolute Gasteiger partial charge is 0.381 e. The molecule has 9 nitrogen and oxygen atoms in total. The Balaban J connectivity index is 1.70. The van der Waals surface area contributed by atoms with Gasteiger partial charge in [-0.1, -0.05) is 6.58 Å². The van der Waals surface area contributed by atoms with Gasteiger partial charge in [-0.25, -0.2) is 14.7 Å². The lowest BCUT2D eigenvalue weighted by Crippen LogP contribution is -2.37. The second kappa shape index (κ2) is 7.06. The van der Waals surface area contributed by atoms with E-state index in [1.165, 1.54) is 17.1 Å². The predicted molar refractivity (Wildman–Crippen MR) is 99.3 cm³/mol. The fourth-order valence-electron chi connectivity index (χ4n) is 2.92. The van der Waals surface area contributed by atoms with Gasteiger partial charge >= 0.3 is 0 Å². The van der Waals surface area contributed by atoms with Gasteiger partial charge in [-0.05, 0) is 25.3 Å². The Kier molecular flexibility index (Phi) is 4.66. The minimum absolute atomic E-state index is 0.0657. The summed E-state index contributed by atoms with van der Waals surface area (Å²) in [5.74, 6) is 0.762. The van der Waals surface area contributed by atoms with E-state index in [1.54, 1.807) is 12.1 Å². The lowest BCUT2D eigenvalue weighted by atomic mass is 10.2. The maximum absolute atomic E-state index is 12.6. The van der Waals surface area contributed by atoms with E-state index < -0.39 is 0 Å². The summed E-state index contributed by atoms with van der Waals surface area (Å²) in [5, 5.41) is 15.8. The van der Waals surface area contributed by atoms with E-state index in [-0.39, 0.29) is 29.1 Å². The van der Waals surface area contributed by atoms with Gasteiger partial charge in [0.25, 0.3) is 5.91 Å². The van der Waals surface area contributed by atoms with Crippen LogP contribution in [0.25, 0.3) is 6.20 Å². The number of nitrogen functional groups attached to an aromatic ring is 1. The number of aliphatic imine (C=N–C) groups is 1. The number of anilines is 2. The summed E-state index contributed by atoms with van der Waals surface area (Å²) in [7, 11) is 0. The van der Waals surface area contributed by atoms with Crippen LogP contribution in [0, 0.1) is 11.3 Å². The number of pyridine rings is 1. The van der Waals surface area contributed by atoms with Crippen LogP contribution in [0.5, 0.6) is 0 Å². The van der Waals surface area contributed by atoms with Crippen molar-refractivity contribution in [1.29, 1.82) is 5.26 Å². The molecule has 132 valence electrons. The van der Waals surface area contributed by atoms with Gasteiger partial charge in [0.1, 0.15) is 17.5 Å². The smallest absolute Gasteiger partial charge is 0.259 e. The molecule has 1 aliphatic rings. The van der Waals surface area contributed by atoms with Gasteiger partial charge < -0.3 is 16.0 Å². The zero-order chi connectivity index (χ0) is 18.7. The predicted octanol–water partition coefficient (Wildman–Crippen LogP) is 1.17. The molecular formula is C17H18N8O. The van der Waals surface area contributed by atoms with Crippen molar-refractivity contribution in [2.75, 3.05) is 23.7 Å². The van der Waals surface area contributed by atoms with Crippen LogP contribution in [-0.4, -0.2) is 46.5 Å². The van der Waals surface area contributed by atoms with Crippen molar-refractivity contribution in [2.24, 2.45) is 4.99 Å². The quantitative estimate of drug-likeness (QED) is 0.780. The summed E-state index contributed by atoms with van der Waals surface area (Å²) in [6.07, 6.45) is 3.71. The minimum Gasteiger partial charge on any atom is -0.381 e. The molecule has 1 amide bonds. The number of aromatic nitrogens is 3. The zero-order valence-corrected chi connectivity index (χ0v) is 14.1. The summed E-state index contributed by atoms with van der Waals surface area (Å²) in [6.45, 7) is 8.42. The van der Waals surface area contributed by atoms with Crippen LogP contribution >= 0.6 is 0 Å². The molecule has 3 heterocycles. The number of hydrogen-bond acceptors (Lipinski definition) is 7. The van der Waals surface area contributed by atoms with E-state index >= 15 is 0 Å². The average Bonchev–Trinajstić information content (AvgIpc) is 3.25. The number of carbonyl (C=O) groups excluding carboxylic acids is 1. The third-order valence-electron chi connectivity index (χ3n) is 4.19. The normalized spacial score (nSPS) is 16.1. The summed E-state index contributed by atoms with van der Waals surface area (Å²) in [4.78, 5) is 22.8. The highest BCUT2D eigenvalue weighted by Gasteiger charge is 2.28. The lowest BCUT2D eigenvalue weighted by molar-refractivity contribution is 0.0942. The van der Waals surface area contributed by atoms with Gasteiger partial charge in [-0.3, -0.25) is 4.79 Å². The van der Waals surface area contributed by atoms with E-state index in [1.807, 2.05) is 6.07 Å². The highest BCUT2D eigenvalue weighted by Crippen LogP contribution is 2.25. The maximum atomic E-state index is 12.6. The van der Waals surface area contributed by atoms with Crippen molar-refractivity contribution in [2.45, 2.75) is 12.5 Å². The van der Waals surface area contributed by atoms with Crippen molar-refractivity contribution in [1.82, 2.24) is 20.1 Å². The third kappa shape index (κ3) is 3.12. The summed E-state index contributed by atoms with van der Waals surface area (Å²) in [5.41, 5.74) is 6.54. The number of nitrogens with two attached hydrogens (primary N) is 1. The Bertz CT molecular complexity index is 893. The van der Waals surface area contributed by atoms with Crippen molar-refractivity contribution in [3.8, 4) is 6.07 Å². The van der Waals surface area contributed by atoms with Crippen LogP contribution in [-0.2, 0) is 0 Å². The van der Waals surface area contributed by atoms with Gasteiger partial charge in [-0.2, -0.15) is 5.26 Å². The number of hydrogen-bond donors (Lipinski definition) is 2. The topological polar surface area (TPSA) is 125 Å². The van der Waals surface area contributed by atoms with Crippen molar-refractivity contribution < 1.29 is 4.79 Å². The Morgan fingerprint density at radius 3 is 2.96 bits per heavy atom. The molecule has 0 bridgehead atoms. The van der Waals surface area contributed by atoms with Crippen LogP contribution in [0.3, 0.4) is 0 Å². The fraction of sp³-hybridized carbons (Fsp3) is 0.235. The molecule has 26 heavy (non-hydrogen) atoms. The molecule has 3 N–H and O–H groups in total. The summed E-state index contributed by atoms with van der Waals surface area (Å²) < 4.78 is 1.32. The molecule has 3 rings (SSSR count). The number of carbonyl (C=O) groups is 1. The van der Waals surface area contributed by atoms with Gasteiger partial charge in [0, 0.05) is 31.5 Å². The highest BCUT2D eigenvalue weighted by atomic mass is 16.1. The molecular weight excluding hydrogens is 332 g/mol. The maximum Gasteiger partial charge on any atom is 0.259 e. The van der Waals surface area contributed by atoms with E-state index in [0.717, 1.165) is 18.8 Å². The molecule has 0 saturated carbocycles. The van der Waals surface area contributed by atoms with Gasteiger partial charge in [0.15, 0.2) is 11.6 Å². The van der Waals surface area contributed by atoms with E-state index in [2.05, 4.69) is 38.6 Å². The SMILES string of the molecule is C=Cn1nc(N)c(C(=O)NC2CCN(c3ccc(C#N)cn3)C2)c1N=C.